The Morgan fingerprint density at radius 3 is 2.31 bits per heavy atom. The molecule has 5 nitrogen and oxygen atoms in total. The fourth-order valence-electron chi connectivity index (χ4n) is 4.55. The Bertz CT molecular complexity index is 1020. The minimum Gasteiger partial charge on any atom is -0.494 e. The molecule has 0 fully saturated rings. The van der Waals surface area contributed by atoms with E-state index in [9.17, 15) is 4.79 Å². The van der Waals surface area contributed by atoms with E-state index in [0.717, 1.165) is 35.8 Å². The molecular formula is C32H45ClN2O3S. The molecule has 0 spiro atoms. The van der Waals surface area contributed by atoms with E-state index in [0.29, 0.717) is 17.4 Å². The summed E-state index contributed by atoms with van der Waals surface area (Å²) >= 11 is 8.16. The van der Waals surface area contributed by atoms with Crippen molar-refractivity contribution in [2.24, 2.45) is 0 Å². The van der Waals surface area contributed by atoms with Gasteiger partial charge in [-0.3, -0.25) is 4.79 Å². The number of nitrogens with one attached hydrogen (secondary N) is 1. The summed E-state index contributed by atoms with van der Waals surface area (Å²) in [7, 11) is 0. The maximum atomic E-state index is 12.4. The van der Waals surface area contributed by atoms with Gasteiger partial charge in [-0.15, -0.1) is 11.8 Å². The molecule has 1 aliphatic heterocycles. The Balaban J connectivity index is 1.25. The average molecular weight is 573 g/mol. The number of unbranched alkanes of at least 4 members (excludes halogenated alkanes) is 11. The van der Waals surface area contributed by atoms with Gasteiger partial charge in [0.05, 0.1) is 17.5 Å². The fraction of sp³-hybridized carbons (Fsp3) is 0.531. The third kappa shape index (κ3) is 13.1. The van der Waals surface area contributed by atoms with Crippen LogP contribution >= 0.6 is 23.4 Å². The standard InChI is InChI=1S/C32H45ClN2O3S/c1-2-3-4-5-6-7-8-9-10-11-12-13-20-37-29-17-18-31(30(33)23-29)38-25-32(36)34-28-16-14-15-27(22-28)24-35-19-21-39-26-35/h14-19,21-23H,2-13,20,24-26H2,1H3,(H,34,36). The molecule has 0 aromatic heterocycles. The van der Waals surface area contributed by atoms with Crippen LogP contribution in [0.15, 0.2) is 54.1 Å². The van der Waals surface area contributed by atoms with Gasteiger partial charge in [-0.05, 0) is 41.7 Å². The number of hydrogen-bond acceptors (Lipinski definition) is 5. The number of thioether (sulfide) groups is 1. The van der Waals surface area contributed by atoms with E-state index in [1.807, 2.05) is 24.3 Å². The Kier molecular flexibility index (Phi) is 15.1. The van der Waals surface area contributed by atoms with Crippen LogP contribution in [0, 0.1) is 0 Å². The zero-order chi connectivity index (χ0) is 27.5. The number of ether oxygens (including phenoxy) is 2. The molecule has 0 saturated carbocycles. The molecule has 2 aromatic carbocycles. The van der Waals surface area contributed by atoms with Crippen molar-refractivity contribution in [3.8, 4) is 11.5 Å². The summed E-state index contributed by atoms with van der Waals surface area (Å²) < 4.78 is 11.5. The first-order valence-corrected chi connectivity index (χ1v) is 16.0. The van der Waals surface area contributed by atoms with Crippen molar-refractivity contribution in [3.05, 3.63) is 64.7 Å². The van der Waals surface area contributed by atoms with Crippen molar-refractivity contribution in [1.29, 1.82) is 0 Å². The molecule has 7 heteroatoms. The molecule has 39 heavy (non-hydrogen) atoms. The third-order valence-corrected chi connectivity index (χ3v) is 7.82. The van der Waals surface area contributed by atoms with Gasteiger partial charge in [0.1, 0.15) is 11.5 Å². The van der Waals surface area contributed by atoms with Crippen LogP contribution in [0.1, 0.15) is 89.5 Å². The lowest BCUT2D eigenvalue weighted by Crippen LogP contribution is -2.20. The van der Waals surface area contributed by atoms with Crippen molar-refractivity contribution in [1.82, 2.24) is 4.90 Å². The van der Waals surface area contributed by atoms with Crippen LogP contribution in [0.5, 0.6) is 11.5 Å². The second kappa shape index (κ2) is 18.9. The monoisotopic (exact) mass is 572 g/mol. The number of benzene rings is 2. The van der Waals surface area contributed by atoms with E-state index in [2.05, 4.69) is 34.8 Å². The van der Waals surface area contributed by atoms with Gasteiger partial charge < -0.3 is 19.7 Å². The zero-order valence-corrected chi connectivity index (χ0v) is 25.0. The predicted octanol–water partition coefficient (Wildman–Crippen LogP) is 9.41. The molecule has 0 radical (unpaired) electrons. The van der Waals surface area contributed by atoms with Gasteiger partial charge in [0.2, 0.25) is 0 Å². The first-order valence-electron chi connectivity index (χ1n) is 14.6. The molecule has 0 bridgehead atoms. The summed E-state index contributed by atoms with van der Waals surface area (Å²) in [4.78, 5) is 14.7. The molecule has 0 aliphatic carbocycles. The van der Waals surface area contributed by atoms with Crippen molar-refractivity contribution >= 4 is 35.0 Å². The molecule has 0 saturated heterocycles. The number of nitrogens with zero attached hydrogens (tertiary/aromatic N) is 1. The van der Waals surface area contributed by atoms with E-state index in [4.69, 9.17) is 21.1 Å². The topological polar surface area (TPSA) is 50.8 Å². The van der Waals surface area contributed by atoms with Gasteiger partial charge in [-0.25, -0.2) is 0 Å². The number of hydrogen-bond donors (Lipinski definition) is 1. The summed E-state index contributed by atoms with van der Waals surface area (Å²) in [5.74, 6) is 1.92. The third-order valence-electron chi connectivity index (χ3n) is 6.73. The molecule has 1 aliphatic rings. The van der Waals surface area contributed by atoms with Crippen LogP contribution in [0.2, 0.25) is 5.02 Å². The average Bonchev–Trinajstić information content (AvgIpc) is 3.44. The predicted molar refractivity (Wildman–Crippen MR) is 166 cm³/mol. The van der Waals surface area contributed by atoms with Crippen molar-refractivity contribution in [2.75, 3.05) is 24.4 Å². The van der Waals surface area contributed by atoms with Crippen molar-refractivity contribution in [2.45, 2.75) is 90.5 Å². The summed E-state index contributed by atoms with van der Waals surface area (Å²) in [6.07, 6.45) is 18.0. The Morgan fingerprint density at radius 2 is 1.64 bits per heavy atom. The van der Waals surface area contributed by atoms with Gasteiger partial charge >= 0.3 is 0 Å². The molecule has 1 amide bonds. The van der Waals surface area contributed by atoms with Crippen molar-refractivity contribution < 1.29 is 14.3 Å². The van der Waals surface area contributed by atoms with Crippen LogP contribution < -0.4 is 14.8 Å². The van der Waals surface area contributed by atoms with E-state index in [-0.39, 0.29) is 12.5 Å². The molecule has 0 atom stereocenters. The SMILES string of the molecule is CCCCCCCCCCCCCCOc1ccc(OCC(=O)Nc2cccc(CN3C=CSC3)c2)c(Cl)c1. The molecule has 3 rings (SSSR count). The van der Waals surface area contributed by atoms with Crippen LogP contribution in [0.4, 0.5) is 5.69 Å². The lowest BCUT2D eigenvalue weighted by atomic mass is 10.1. The summed E-state index contributed by atoms with van der Waals surface area (Å²) in [6, 6.07) is 13.2. The number of anilines is 1. The first-order chi connectivity index (χ1) is 19.1. The molecule has 0 unspecified atom stereocenters. The highest BCUT2D eigenvalue weighted by Crippen LogP contribution is 2.29. The van der Waals surface area contributed by atoms with Gasteiger partial charge in [0.15, 0.2) is 6.61 Å². The second-order valence-corrected chi connectivity index (χ2v) is 11.5. The Morgan fingerprint density at radius 1 is 0.923 bits per heavy atom. The van der Waals surface area contributed by atoms with Crippen LogP contribution in [-0.4, -0.2) is 29.9 Å². The van der Waals surface area contributed by atoms with Crippen LogP contribution in [-0.2, 0) is 11.3 Å². The molecule has 214 valence electrons. The van der Waals surface area contributed by atoms with Crippen LogP contribution in [0.3, 0.4) is 0 Å². The van der Waals surface area contributed by atoms with E-state index in [1.54, 1.807) is 23.9 Å². The number of rotatable bonds is 20. The van der Waals surface area contributed by atoms with Crippen molar-refractivity contribution in [3.63, 3.8) is 0 Å². The highest BCUT2D eigenvalue weighted by atomic mass is 35.5. The summed E-state index contributed by atoms with van der Waals surface area (Å²) in [6.45, 7) is 3.65. The van der Waals surface area contributed by atoms with E-state index < -0.39 is 0 Å². The van der Waals surface area contributed by atoms with E-state index in [1.165, 1.54) is 70.6 Å². The second-order valence-electron chi connectivity index (χ2n) is 10.2. The lowest BCUT2D eigenvalue weighted by molar-refractivity contribution is -0.118. The summed E-state index contributed by atoms with van der Waals surface area (Å²) in [5, 5.41) is 5.43. The number of amides is 1. The fourth-order valence-corrected chi connectivity index (χ4v) is 5.49. The molecule has 1 heterocycles. The summed E-state index contributed by atoms with van der Waals surface area (Å²) in [5.41, 5.74) is 1.90. The first kappa shape index (κ1) is 31.2. The minimum atomic E-state index is -0.229. The minimum absolute atomic E-state index is 0.117. The Labute approximate surface area is 244 Å². The maximum Gasteiger partial charge on any atom is 0.262 e. The lowest BCUT2D eigenvalue weighted by Gasteiger charge is -2.15. The van der Waals surface area contributed by atoms with Crippen LogP contribution in [0.25, 0.3) is 0 Å². The number of halogens is 1. The number of carbonyl (C=O) groups excluding carboxylic acids is 1. The Hall–Kier alpha value is -2.31. The number of carbonyl (C=O) groups is 1. The zero-order valence-electron chi connectivity index (χ0n) is 23.5. The highest BCUT2D eigenvalue weighted by Gasteiger charge is 2.10. The molecule has 1 N–H and O–H groups in total. The smallest absolute Gasteiger partial charge is 0.262 e. The normalized spacial score (nSPS) is 12.6. The van der Waals surface area contributed by atoms with Gasteiger partial charge in [-0.1, -0.05) is 101 Å². The molecular weight excluding hydrogens is 528 g/mol. The van der Waals surface area contributed by atoms with E-state index >= 15 is 0 Å². The van der Waals surface area contributed by atoms with Gasteiger partial charge in [0, 0.05) is 24.5 Å². The molecule has 2 aromatic rings. The largest absolute Gasteiger partial charge is 0.494 e. The highest BCUT2D eigenvalue weighted by molar-refractivity contribution is 8.02. The van der Waals surface area contributed by atoms with Gasteiger partial charge in [-0.2, -0.15) is 0 Å². The maximum absolute atomic E-state index is 12.4. The van der Waals surface area contributed by atoms with Gasteiger partial charge in [0.25, 0.3) is 5.91 Å². The quantitative estimate of drug-likeness (QED) is 0.160.